The molecule has 2 heterocycles. The average molecular weight is 294 g/mol. The van der Waals surface area contributed by atoms with Crippen molar-refractivity contribution in [2.75, 3.05) is 13.6 Å². The van der Waals surface area contributed by atoms with Crippen LogP contribution in [-0.4, -0.2) is 28.3 Å². The van der Waals surface area contributed by atoms with Crippen LogP contribution in [0.2, 0.25) is 0 Å². The molecule has 2 aromatic rings. The van der Waals surface area contributed by atoms with E-state index in [-0.39, 0.29) is 0 Å². The summed E-state index contributed by atoms with van der Waals surface area (Å²) in [6, 6.07) is 10.1. The Hall–Kier alpha value is -2.12. The number of likely N-dealkylation sites (N-methyl/N-ethyl adjacent to an activating group) is 1. The molecule has 0 saturated heterocycles. The van der Waals surface area contributed by atoms with Crippen molar-refractivity contribution < 1.29 is 0 Å². The predicted molar refractivity (Wildman–Crippen MR) is 86.6 cm³/mol. The van der Waals surface area contributed by atoms with Crippen LogP contribution in [0.1, 0.15) is 47.8 Å². The van der Waals surface area contributed by atoms with Gasteiger partial charge in [0.15, 0.2) is 0 Å². The summed E-state index contributed by atoms with van der Waals surface area (Å²) in [5, 5.41) is 14.2. The van der Waals surface area contributed by atoms with Gasteiger partial charge in [0.2, 0.25) is 0 Å². The topological polar surface area (TPSA) is 44.9 Å². The van der Waals surface area contributed by atoms with E-state index in [2.05, 4.69) is 36.5 Å². The van der Waals surface area contributed by atoms with Crippen molar-refractivity contribution in [2.24, 2.45) is 0 Å². The highest BCUT2D eigenvalue weighted by atomic mass is 15.3. The normalized spacial score (nSPS) is 14.9. The van der Waals surface area contributed by atoms with Gasteiger partial charge in [0.05, 0.1) is 23.9 Å². The lowest BCUT2D eigenvalue weighted by Crippen LogP contribution is -2.28. The van der Waals surface area contributed by atoms with Crippen molar-refractivity contribution in [3.8, 4) is 6.07 Å². The maximum atomic E-state index is 9.28. The highest BCUT2D eigenvalue weighted by Gasteiger charge is 2.24. The number of aromatic nitrogens is 2. The van der Waals surface area contributed by atoms with E-state index < -0.39 is 0 Å². The summed E-state index contributed by atoms with van der Waals surface area (Å²) in [5.74, 6) is 0.424. The molecular formula is C18H22N4. The highest BCUT2D eigenvalue weighted by molar-refractivity contribution is 5.38. The van der Waals surface area contributed by atoms with Crippen molar-refractivity contribution >= 4 is 0 Å². The molecule has 22 heavy (non-hydrogen) atoms. The van der Waals surface area contributed by atoms with E-state index in [1.54, 1.807) is 0 Å². The maximum Gasteiger partial charge on any atom is 0.0995 e. The van der Waals surface area contributed by atoms with Crippen molar-refractivity contribution in [3.63, 3.8) is 0 Å². The molecule has 0 atom stereocenters. The van der Waals surface area contributed by atoms with Gasteiger partial charge in [-0.3, -0.25) is 4.68 Å². The number of hydrogen-bond acceptors (Lipinski definition) is 3. The Labute approximate surface area is 132 Å². The van der Waals surface area contributed by atoms with Crippen LogP contribution in [0, 0.1) is 11.3 Å². The summed E-state index contributed by atoms with van der Waals surface area (Å²) in [7, 11) is 2.16. The maximum absolute atomic E-state index is 9.28. The molecule has 0 spiro atoms. The first-order valence-corrected chi connectivity index (χ1v) is 7.85. The van der Waals surface area contributed by atoms with E-state index in [1.807, 2.05) is 24.3 Å². The van der Waals surface area contributed by atoms with Gasteiger partial charge >= 0.3 is 0 Å². The summed E-state index contributed by atoms with van der Waals surface area (Å²) >= 11 is 0. The number of rotatable bonds is 3. The fourth-order valence-corrected chi connectivity index (χ4v) is 3.18. The van der Waals surface area contributed by atoms with E-state index in [4.69, 9.17) is 5.10 Å². The fraction of sp³-hybridized carbons (Fsp3) is 0.444. The van der Waals surface area contributed by atoms with Crippen molar-refractivity contribution in [1.82, 2.24) is 14.7 Å². The van der Waals surface area contributed by atoms with Crippen LogP contribution in [0.4, 0.5) is 0 Å². The Morgan fingerprint density at radius 1 is 1.32 bits per heavy atom. The zero-order valence-electron chi connectivity index (χ0n) is 13.5. The molecule has 1 aliphatic rings. The Bertz CT molecular complexity index is 721. The first-order chi connectivity index (χ1) is 10.6. The van der Waals surface area contributed by atoms with Crippen LogP contribution in [-0.2, 0) is 19.5 Å². The molecule has 4 heteroatoms. The first kappa shape index (κ1) is 14.8. The molecule has 1 aromatic heterocycles. The van der Waals surface area contributed by atoms with Gasteiger partial charge in [-0.25, -0.2) is 0 Å². The molecule has 0 radical (unpaired) electrons. The van der Waals surface area contributed by atoms with Crippen LogP contribution in [0.25, 0.3) is 0 Å². The van der Waals surface area contributed by atoms with E-state index in [0.29, 0.717) is 12.5 Å². The molecule has 114 valence electrons. The standard InChI is InChI=1S/C18H22N4/c1-13(2)18-16-12-21(3)9-8-17(16)22(20-18)11-15-7-5-4-6-14(15)10-19/h4-7,13H,8-9,11-12H2,1-3H3. The van der Waals surface area contributed by atoms with E-state index in [9.17, 15) is 5.26 Å². The van der Waals surface area contributed by atoms with Gasteiger partial charge in [-0.15, -0.1) is 0 Å². The summed E-state index contributed by atoms with van der Waals surface area (Å²) in [6.45, 7) is 7.12. The Balaban J connectivity index is 2.01. The molecule has 1 aliphatic heterocycles. The van der Waals surface area contributed by atoms with Crippen LogP contribution in [0.5, 0.6) is 0 Å². The molecule has 4 nitrogen and oxygen atoms in total. The smallest absolute Gasteiger partial charge is 0.0995 e. The van der Waals surface area contributed by atoms with Gasteiger partial charge in [-0.05, 0) is 24.6 Å². The molecule has 0 unspecified atom stereocenters. The Morgan fingerprint density at radius 2 is 2.09 bits per heavy atom. The van der Waals surface area contributed by atoms with Crippen LogP contribution in [0.3, 0.4) is 0 Å². The number of nitrogens with zero attached hydrogens (tertiary/aromatic N) is 4. The minimum absolute atomic E-state index is 0.424. The summed E-state index contributed by atoms with van der Waals surface area (Å²) in [5.41, 5.74) is 5.72. The highest BCUT2D eigenvalue weighted by Crippen LogP contribution is 2.27. The lowest BCUT2D eigenvalue weighted by atomic mass is 9.99. The van der Waals surface area contributed by atoms with Crippen LogP contribution in [0.15, 0.2) is 24.3 Å². The monoisotopic (exact) mass is 294 g/mol. The number of benzene rings is 1. The third kappa shape index (κ3) is 2.65. The predicted octanol–water partition coefficient (Wildman–Crippen LogP) is 2.91. The molecule has 3 rings (SSSR count). The number of nitriles is 1. The summed E-state index contributed by atoms with van der Waals surface area (Å²) in [4.78, 5) is 2.35. The minimum atomic E-state index is 0.424. The number of hydrogen-bond donors (Lipinski definition) is 0. The van der Waals surface area contributed by atoms with Gasteiger partial charge < -0.3 is 4.90 Å². The Kier molecular flexibility index (Phi) is 4.00. The average Bonchev–Trinajstić information content (AvgIpc) is 2.86. The van der Waals surface area contributed by atoms with E-state index in [1.165, 1.54) is 17.0 Å². The summed E-state index contributed by atoms with van der Waals surface area (Å²) in [6.07, 6.45) is 1.03. The van der Waals surface area contributed by atoms with Crippen molar-refractivity contribution in [2.45, 2.75) is 39.3 Å². The second-order valence-electron chi connectivity index (χ2n) is 6.38. The zero-order chi connectivity index (χ0) is 15.7. The van der Waals surface area contributed by atoms with Gasteiger partial charge in [0, 0.05) is 30.8 Å². The van der Waals surface area contributed by atoms with Gasteiger partial charge in [0.25, 0.3) is 0 Å². The summed E-state index contributed by atoms with van der Waals surface area (Å²) < 4.78 is 2.12. The third-order valence-electron chi connectivity index (χ3n) is 4.36. The van der Waals surface area contributed by atoms with Crippen molar-refractivity contribution in [1.29, 1.82) is 5.26 Å². The molecule has 0 saturated carbocycles. The fourth-order valence-electron chi connectivity index (χ4n) is 3.18. The second kappa shape index (κ2) is 5.94. The van der Waals surface area contributed by atoms with Gasteiger partial charge in [-0.2, -0.15) is 10.4 Å². The number of fused-ring (bicyclic) bond motifs is 1. The zero-order valence-corrected chi connectivity index (χ0v) is 13.5. The Morgan fingerprint density at radius 3 is 2.82 bits per heavy atom. The second-order valence-corrected chi connectivity index (χ2v) is 6.38. The largest absolute Gasteiger partial charge is 0.302 e. The SMILES string of the molecule is CC(C)c1nn(Cc2ccccc2C#N)c2c1CN(C)CC2. The quantitative estimate of drug-likeness (QED) is 0.874. The molecule has 0 fully saturated rings. The van der Waals surface area contributed by atoms with Crippen molar-refractivity contribution in [3.05, 3.63) is 52.3 Å². The molecule has 0 N–H and O–H groups in total. The van der Waals surface area contributed by atoms with Crippen LogP contribution < -0.4 is 0 Å². The van der Waals surface area contributed by atoms with Crippen LogP contribution >= 0.6 is 0 Å². The molecule has 0 bridgehead atoms. The minimum Gasteiger partial charge on any atom is -0.302 e. The lowest BCUT2D eigenvalue weighted by molar-refractivity contribution is 0.307. The third-order valence-corrected chi connectivity index (χ3v) is 4.36. The molecule has 1 aromatic carbocycles. The molecular weight excluding hydrogens is 272 g/mol. The van der Waals surface area contributed by atoms with Gasteiger partial charge in [-0.1, -0.05) is 32.0 Å². The van der Waals surface area contributed by atoms with E-state index >= 15 is 0 Å². The molecule has 0 amide bonds. The lowest BCUT2D eigenvalue weighted by Gasteiger charge is -2.24. The van der Waals surface area contributed by atoms with Gasteiger partial charge in [0.1, 0.15) is 0 Å². The first-order valence-electron chi connectivity index (χ1n) is 7.85. The molecule has 0 aliphatic carbocycles. The van der Waals surface area contributed by atoms with E-state index in [0.717, 1.165) is 30.6 Å².